The first-order valence-electron chi connectivity index (χ1n) is 10.2. The smallest absolute Gasteiger partial charge is 0.291 e. The highest BCUT2D eigenvalue weighted by Crippen LogP contribution is 2.29. The Bertz CT molecular complexity index is 1170. The molecular formula is C24H24N4O3S. The number of hydrogen-bond acceptors (Lipinski definition) is 5. The van der Waals surface area contributed by atoms with Gasteiger partial charge in [-0.2, -0.15) is 0 Å². The van der Waals surface area contributed by atoms with E-state index in [-0.39, 0.29) is 11.7 Å². The van der Waals surface area contributed by atoms with E-state index in [1.54, 1.807) is 30.5 Å². The maximum atomic E-state index is 12.0. The summed E-state index contributed by atoms with van der Waals surface area (Å²) in [5.41, 5.74) is 1.71. The highest BCUT2D eigenvalue weighted by Gasteiger charge is 2.12. The van der Waals surface area contributed by atoms with Crippen LogP contribution >= 0.6 is 11.3 Å². The minimum absolute atomic E-state index is 0.267. The highest BCUT2D eigenvalue weighted by atomic mass is 32.1. The molecule has 4 rings (SSSR count). The van der Waals surface area contributed by atoms with Crippen molar-refractivity contribution in [3.8, 4) is 0 Å². The van der Waals surface area contributed by atoms with Crippen molar-refractivity contribution in [1.29, 1.82) is 0 Å². The average molecular weight is 449 g/mol. The van der Waals surface area contributed by atoms with Crippen LogP contribution in [0.1, 0.15) is 27.1 Å². The Balaban J connectivity index is 1.26. The van der Waals surface area contributed by atoms with E-state index in [9.17, 15) is 9.90 Å². The number of hydrogen-bond donors (Lipinski definition) is 4. The molecule has 1 amide bonds. The lowest BCUT2D eigenvalue weighted by Crippen LogP contribution is -2.38. The third kappa shape index (κ3) is 5.35. The lowest BCUT2D eigenvalue weighted by atomic mass is 10.2. The quantitative estimate of drug-likeness (QED) is 0.252. The van der Waals surface area contributed by atoms with Gasteiger partial charge in [-0.1, -0.05) is 30.3 Å². The van der Waals surface area contributed by atoms with E-state index in [2.05, 4.69) is 27.0 Å². The summed E-state index contributed by atoms with van der Waals surface area (Å²) in [6.07, 6.45) is 0.842. The molecular weight excluding hydrogens is 424 g/mol. The van der Waals surface area contributed by atoms with Gasteiger partial charge in [0.15, 0.2) is 11.7 Å². The van der Waals surface area contributed by atoms with Gasteiger partial charge in [0.05, 0.1) is 6.26 Å². The van der Waals surface area contributed by atoms with Crippen LogP contribution in [-0.2, 0) is 6.54 Å². The summed E-state index contributed by atoms with van der Waals surface area (Å²) in [7, 11) is 1.69. The van der Waals surface area contributed by atoms with Crippen molar-refractivity contribution >= 4 is 39.0 Å². The van der Waals surface area contributed by atoms with E-state index in [0.29, 0.717) is 24.7 Å². The molecule has 1 atom stereocenters. The molecule has 0 saturated heterocycles. The van der Waals surface area contributed by atoms with Crippen LogP contribution in [0.25, 0.3) is 10.1 Å². The first kappa shape index (κ1) is 21.6. The van der Waals surface area contributed by atoms with Crippen molar-refractivity contribution in [3.05, 3.63) is 89.2 Å². The third-order valence-corrected chi connectivity index (χ3v) is 6.09. The summed E-state index contributed by atoms with van der Waals surface area (Å²) in [4.78, 5) is 17.2. The lowest BCUT2D eigenvalue weighted by Gasteiger charge is -2.15. The number of nitrogens with one attached hydrogen (secondary N) is 3. The molecule has 2 aromatic heterocycles. The van der Waals surface area contributed by atoms with E-state index in [1.807, 2.05) is 48.5 Å². The van der Waals surface area contributed by atoms with Gasteiger partial charge < -0.3 is 25.5 Å². The molecule has 2 aromatic carbocycles. The minimum Gasteiger partial charge on any atom is -0.459 e. The number of nitrogens with zero attached hydrogens (tertiary/aromatic N) is 1. The number of carbonyl (C=O) groups excluding carboxylic acids is 1. The Morgan fingerprint density at radius 1 is 1.09 bits per heavy atom. The number of fused-ring (bicyclic) bond motifs is 1. The van der Waals surface area contributed by atoms with Gasteiger partial charge in [-0.05, 0) is 47.3 Å². The largest absolute Gasteiger partial charge is 0.459 e. The molecule has 0 fully saturated rings. The zero-order valence-electron chi connectivity index (χ0n) is 17.5. The summed E-state index contributed by atoms with van der Waals surface area (Å²) in [6.45, 7) is 0.898. The molecule has 0 radical (unpaired) electrons. The molecule has 4 aromatic rings. The van der Waals surface area contributed by atoms with Gasteiger partial charge in [0, 0.05) is 35.4 Å². The number of thiophene rings is 1. The Morgan fingerprint density at radius 3 is 2.62 bits per heavy atom. The second kappa shape index (κ2) is 10.1. The van der Waals surface area contributed by atoms with Crippen molar-refractivity contribution in [2.24, 2.45) is 4.99 Å². The molecule has 1 unspecified atom stereocenters. The van der Waals surface area contributed by atoms with Crippen LogP contribution in [-0.4, -0.2) is 30.6 Å². The Morgan fingerprint density at radius 2 is 1.91 bits per heavy atom. The van der Waals surface area contributed by atoms with Crippen LogP contribution in [0.4, 0.5) is 5.69 Å². The fourth-order valence-electron chi connectivity index (χ4n) is 3.17. The first-order chi connectivity index (χ1) is 15.6. The zero-order valence-corrected chi connectivity index (χ0v) is 18.4. The maximum absolute atomic E-state index is 12.0. The van der Waals surface area contributed by atoms with Crippen molar-refractivity contribution in [1.82, 2.24) is 10.6 Å². The number of aliphatic hydroxyl groups excluding tert-OH is 1. The number of benzene rings is 2. The number of aliphatic hydroxyl groups is 1. The summed E-state index contributed by atoms with van der Waals surface area (Å²) >= 11 is 1.59. The van der Waals surface area contributed by atoms with E-state index < -0.39 is 6.10 Å². The SMILES string of the molecule is CN=C(NCc1ccc(NC(=O)c2ccco2)cc1)NCC(O)c1cc2ccccc2s1. The van der Waals surface area contributed by atoms with Gasteiger partial charge in [-0.15, -0.1) is 11.3 Å². The number of aliphatic imine (C=N–C) groups is 1. The van der Waals surface area contributed by atoms with Crippen molar-refractivity contribution in [2.45, 2.75) is 12.6 Å². The lowest BCUT2D eigenvalue weighted by molar-refractivity contribution is 0.0996. The van der Waals surface area contributed by atoms with E-state index in [0.717, 1.165) is 20.5 Å². The molecule has 164 valence electrons. The second-order valence-electron chi connectivity index (χ2n) is 7.14. The highest BCUT2D eigenvalue weighted by molar-refractivity contribution is 7.19. The number of guanidine groups is 1. The van der Waals surface area contributed by atoms with Crippen LogP contribution in [0.5, 0.6) is 0 Å². The molecule has 7 nitrogen and oxygen atoms in total. The number of anilines is 1. The molecule has 0 aliphatic heterocycles. The topological polar surface area (TPSA) is 98.9 Å². The molecule has 32 heavy (non-hydrogen) atoms. The van der Waals surface area contributed by atoms with E-state index >= 15 is 0 Å². The maximum Gasteiger partial charge on any atom is 0.291 e. The summed E-state index contributed by atoms with van der Waals surface area (Å²) in [5, 5.41) is 20.9. The van der Waals surface area contributed by atoms with Gasteiger partial charge in [0.1, 0.15) is 6.10 Å². The second-order valence-corrected chi connectivity index (χ2v) is 8.25. The Kier molecular flexibility index (Phi) is 6.84. The van der Waals surface area contributed by atoms with Gasteiger partial charge in [-0.25, -0.2) is 0 Å². The first-order valence-corrected chi connectivity index (χ1v) is 11.0. The molecule has 8 heteroatoms. The van der Waals surface area contributed by atoms with Gasteiger partial charge in [0.2, 0.25) is 0 Å². The Hall–Kier alpha value is -3.62. The molecule has 0 aliphatic rings. The van der Waals surface area contributed by atoms with Gasteiger partial charge in [0.25, 0.3) is 5.91 Å². The minimum atomic E-state index is -0.622. The number of furan rings is 1. The number of carbonyl (C=O) groups is 1. The van der Waals surface area contributed by atoms with Crippen LogP contribution in [0.15, 0.2) is 82.4 Å². The van der Waals surface area contributed by atoms with Gasteiger partial charge in [-0.3, -0.25) is 9.79 Å². The molecule has 0 aliphatic carbocycles. The van der Waals surface area contributed by atoms with Crippen LogP contribution in [0, 0.1) is 0 Å². The predicted molar refractivity (Wildman–Crippen MR) is 128 cm³/mol. The van der Waals surface area contributed by atoms with Crippen LogP contribution < -0.4 is 16.0 Å². The molecule has 4 N–H and O–H groups in total. The van der Waals surface area contributed by atoms with Gasteiger partial charge >= 0.3 is 0 Å². The molecule has 0 saturated carbocycles. The molecule has 2 heterocycles. The average Bonchev–Trinajstić information content (AvgIpc) is 3.50. The monoisotopic (exact) mass is 448 g/mol. The fraction of sp³-hybridized carbons (Fsp3) is 0.167. The van der Waals surface area contributed by atoms with Crippen molar-refractivity contribution < 1.29 is 14.3 Å². The fourth-order valence-corrected chi connectivity index (χ4v) is 4.22. The summed E-state index contributed by atoms with van der Waals surface area (Å²) in [5.74, 6) is 0.575. The summed E-state index contributed by atoms with van der Waals surface area (Å²) < 4.78 is 6.25. The Labute approximate surface area is 189 Å². The molecule has 0 bridgehead atoms. The zero-order chi connectivity index (χ0) is 22.3. The summed E-state index contributed by atoms with van der Waals surface area (Å²) in [6, 6.07) is 20.9. The van der Waals surface area contributed by atoms with E-state index in [1.165, 1.54) is 6.26 Å². The number of amides is 1. The third-order valence-electron chi connectivity index (χ3n) is 4.88. The molecule has 0 spiro atoms. The number of rotatable bonds is 7. The predicted octanol–water partition coefficient (Wildman–Crippen LogP) is 4.15. The standard InChI is InChI=1S/C24H24N4O3S/c1-25-24(27-15-19(29)22-13-17-5-2-3-7-21(17)32-22)26-14-16-8-10-18(11-9-16)28-23(30)20-6-4-12-31-20/h2-13,19,29H,14-15H2,1H3,(H,28,30)(H2,25,26,27). The van der Waals surface area contributed by atoms with Crippen LogP contribution in [0.2, 0.25) is 0 Å². The normalized spacial score (nSPS) is 12.5. The van der Waals surface area contributed by atoms with Crippen LogP contribution in [0.3, 0.4) is 0 Å². The van der Waals surface area contributed by atoms with Crippen molar-refractivity contribution in [2.75, 3.05) is 18.9 Å². The van der Waals surface area contributed by atoms with Crippen molar-refractivity contribution in [3.63, 3.8) is 0 Å². The van der Waals surface area contributed by atoms with E-state index in [4.69, 9.17) is 4.42 Å².